The Morgan fingerprint density at radius 3 is 2.48 bits per heavy atom. The first kappa shape index (κ1) is 19.4. The first-order valence-corrected chi connectivity index (χ1v) is 10.3. The van der Waals surface area contributed by atoms with Crippen LogP contribution in [0.25, 0.3) is 0 Å². The van der Waals surface area contributed by atoms with Crippen LogP contribution in [0.2, 0.25) is 0 Å². The molecule has 0 saturated carbocycles. The first-order valence-electron chi connectivity index (χ1n) is 8.86. The fourth-order valence-corrected chi connectivity index (χ4v) is 4.33. The van der Waals surface area contributed by atoms with Gasteiger partial charge in [0.05, 0.1) is 4.90 Å². The van der Waals surface area contributed by atoms with Crippen LogP contribution in [0.4, 0.5) is 5.69 Å². The average Bonchev–Trinajstić information content (AvgIpc) is 2.60. The van der Waals surface area contributed by atoms with Gasteiger partial charge in [-0.05, 0) is 67.3 Å². The lowest BCUT2D eigenvalue weighted by atomic mass is 10.0. The van der Waals surface area contributed by atoms with Gasteiger partial charge in [0, 0.05) is 25.7 Å². The number of nitrogens with one attached hydrogen (secondary N) is 1. The van der Waals surface area contributed by atoms with Gasteiger partial charge in [0.15, 0.2) is 0 Å². The molecule has 0 fully saturated rings. The van der Waals surface area contributed by atoms with Crippen molar-refractivity contribution in [1.29, 1.82) is 0 Å². The second-order valence-corrected chi connectivity index (χ2v) is 8.91. The maximum Gasteiger partial charge on any atom is 0.242 e. The SMILES string of the molecule is Cc1cc(C)cc(OCCN(C)S(=O)(=O)c2ccc3c(c2)CCC(=O)N3)c1. The topological polar surface area (TPSA) is 75.7 Å². The minimum absolute atomic E-state index is 0.0428. The molecule has 6 nitrogen and oxygen atoms in total. The number of benzene rings is 2. The quantitative estimate of drug-likeness (QED) is 0.826. The Morgan fingerprint density at radius 2 is 1.78 bits per heavy atom. The van der Waals surface area contributed by atoms with Crippen LogP contribution >= 0.6 is 0 Å². The number of hydrogen-bond donors (Lipinski definition) is 1. The van der Waals surface area contributed by atoms with Crippen LogP contribution in [-0.4, -0.2) is 38.8 Å². The van der Waals surface area contributed by atoms with Crippen molar-refractivity contribution in [3.05, 3.63) is 53.1 Å². The molecule has 0 aliphatic carbocycles. The monoisotopic (exact) mass is 388 g/mol. The fraction of sp³-hybridized carbons (Fsp3) is 0.350. The lowest BCUT2D eigenvalue weighted by molar-refractivity contribution is -0.116. The molecule has 0 unspecified atom stereocenters. The molecular formula is C20H24N2O4S. The highest BCUT2D eigenvalue weighted by Gasteiger charge is 2.23. The van der Waals surface area contributed by atoms with Crippen LogP contribution in [0.5, 0.6) is 5.75 Å². The molecule has 2 aromatic rings. The molecule has 27 heavy (non-hydrogen) atoms. The highest BCUT2D eigenvalue weighted by molar-refractivity contribution is 7.89. The molecule has 0 atom stereocenters. The van der Waals surface area contributed by atoms with Crippen molar-refractivity contribution in [3.8, 4) is 5.75 Å². The molecule has 1 N–H and O–H groups in total. The van der Waals surface area contributed by atoms with Crippen molar-refractivity contribution in [2.75, 3.05) is 25.5 Å². The number of anilines is 1. The predicted molar refractivity (Wildman–Crippen MR) is 105 cm³/mol. The van der Waals surface area contributed by atoms with E-state index in [-0.39, 0.29) is 24.0 Å². The summed E-state index contributed by atoms with van der Waals surface area (Å²) in [5.74, 6) is 0.696. The number of carbonyl (C=O) groups is 1. The summed E-state index contributed by atoms with van der Waals surface area (Å²) < 4.78 is 32.6. The van der Waals surface area contributed by atoms with Gasteiger partial charge in [-0.2, -0.15) is 4.31 Å². The molecule has 0 spiro atoms. The molecule has 3 rings (SSSR count). The molecule has 2 aromatic carbocycles. The number of amides is 1. The summed E-state index contributed by atoms with van der Waals surface area (Å²) in [6.07, 6.45) is 0.917. The zero-order valence-electron chi connectivity index (χ0n) is 15.8. The van der Waals surface area contributed by atoms with E-state index in [0.717, 1.165) is 22.4 Å². The number of aryl methyl sites for hydroxylation is 3. The van der Waals surface area contributed by atoms with Gasteiger partial charge in [0.25, 0.3) is 0 Å². The third kappa shape index (κ3) is 4.48. The molecule has 7 heteroatoms. The third-order valence-electron chi connectivity index (χ3n) is 4.55. The summed E-state index contributed by atoms with van der Waals surface area (Å²) in [6, 6.07) is 10.7. The van der Waals surface area contributed by atoms with Gasteiger partial charge >= 0.3 is 0 Å². The normalized spacial score (nSPS) is 14.0. The number of carbonyl (C=O) groups excluding carboxylic acids is 1. The van der Waals surface area contributed by atoms with Crippen LogP contribution in [-0.2, 0) is 21.2 Å². The van der Waals surface area contributed by atoms with Crippen molar-refractivity contribution in [1.82, 2.24) is 4.31 Å². The highest BCUT2D eigenvalue weighted by Crippen LogP contribution is 2.26. The third-order valence-corrected chi connectivity index (χ3v) is 6.40. The molecule has 144 valence electrons. The smallest absolute Gasteiger partial charge is 0.242 e. The Morgan fingerprint density at radius 1 is 1.07 bits per heavy atom. The predicted octanol–water partition coefficient (Wildman–Crippen LogP) is 2.89. The molecule has 1 aliphatic rings. The van der Waals surface area contributed by atoms with E-state index in [0.29, 0.717) is 18.5 Å². The van der Waals surface area contributed by atoms with Crippen LogP contribution < -0.4 is 10.1 Å². The molecule has 1 aliphatic heterocycles. The van der Waals surface area contributed by atoms with Crippen LogP contribution in [0.15, 0.2) is 41.3 Å². The van der Waals surface area contributed by atoms with E-state index in [2.05, 4.69) is 11.4 Å². The number of fused-ring (bicyclic) bond motifs is 1. The van der Waals surface area contributed by atoms with Gasteiger partial charge < -0.3 is 10.1 Å². The van der Waals surface area contributed by atoms with Crippen molar-refractivity contribution in [3.63, 3.8) is 0 Å². The van der Waals surface area contributed by atoms with Gasteiger partial charge in [-0.3, -0.25) is 4.79 Å². The van der Waals surface area contributed by atoms with Gasteiger partial charge in [0.1, 0.15) is 12.4 Å². The Kier molecular flexibility index (Phi) is 5.53. The fourth-order valence-electron chi connectivity index (χ4n) is 3.13. The van der Waals surface area contributed by atoms with Crippen molar-refractivity contribution >= 4 is 21.6 Å². The lowest BCUT2D eigenvalue weighted by Gasteiger charge is -2.21. The molecule has 1 heterocycles. The Labute approximate surface area is 160 Å². The molecule has 0 radical (unpaired) electrons. The van der Waals surface area contributed by atoms with Gasteiger partial charge in [-0.15, -0.1) is 0 Å². The summed E-state index contributed by atoms with van der Waals surface area (Å²) in [4.78, 5) is 11.7. The maximum atomic E-state index is 12.8. The maximum absolute atomic E-state index is 12.8. The number of sulfonamides is 1. The summed E-state index contributed by atoms with van der Waals surface area (Å²) in [5, 5.41) is 2.76. The summed E-state index contributed by atoms with van der Waals surface area (Å²) >= 11 is 0. The van der Waals surface area contributed by atoms with E-state index in [1.54, 1.807) is 19.2 Å². The number of hydrogen-bond acceptors (Lipinski definition) is 4. The second kappa shape index (κ2) is 7.70. The van der Waals surface area contributed by atoms with E-state index >= 15 is 0 Å². The Hall–Kier alpha value is -2.38. The first-order chi connectivity index (χ1) is 12.8. The van der Waals surface area contributed by atoms with Crippen LogP contribution in [0.3, 0.4) is 0 Å². The zero-order chi connectivity index (χ0) is 19.6. The standard InChI is InChI=1S/C20H24N2O4S/c1-14-10-15(2)12-17(11-14)26-9-8-22(3)27(24,25)18-5-6-19-16(13-18)4-7-20(23)21-19/h5-6,10-13H,4,7-9H2,1-3H3,(H,21,23). The molecule has 1 amide bonds. The number of rotatable bonds is 6. The summed E-state index contributed by atoms with van der Waals surface area (Å²) in [7, 11) is -2.07. The van der Waals surface area contributed by atoms with Crippen molar-refractivity contribution in [2.24, 2.45) is 0 Å². The largest absolute Gasteiger partial charge is 0.492 e. The molecule has 0 aromatic heterocycles. The van der Waals surface area contributed by atoms with E-state index in [1.165, 1.54) is 10.4 Å². The van der Waals surface area contributed by atoms with E-state index in [4.69, 9.17) is 4.74 Å². The van der Waals surface area contributed by atoms with E-state index in [1.807, 2.05) is 26.0 Å². The van der Waals surface area contributed by atoms with Crippen molar-refractivity contribution in [2.45, 2.75) is 31.6 Å². The highest BCUT2D eigenvalue weighted by atomic mass is 32.2. The van der Waals surface area contributed by atoms with Gasteiger partial charge in [-0.25, -0.2) is 8.42 Å². The van der Waals surface area contributed by atoms with E-state index in [9.17, 15) is 13.2 Å². The van der Waals surface area contributed by atoms with Crippen LogP contribution in [0, 0.1) is 13.8 Å². The van der Waals surface area contributed by atoms with Gasteiger partial charge in [-0.1, -0.05) is 6.07 Å². The summed E-state index contributed by atoms with van der Waals surface area (Å²) in [5.41, 5.74) is 3.74. The second-order valence-electron chi connectivity index (χ2n) is 6.87. The number of ether oxygens (including phenoxy) is 1. The van der Waals surface area contributed by atoms with Gasteiger partial charge in [0.2, 0.25) is 15.9 Å². The Bertz CT molecular complexity index is 950. The molecule has 0 bridgehead atoms. The summed E-state index contributed by atoms with van der Waals surface area (Å²) in [6.45, 7) is 4.49. The number of likely N-dealkylation sites (N-methyl/N-ethyl adjacent to an activating group) is 1. The average molecular weight is 388 g/mol. The van der Waals surface area contributed by atoms with Crippen molar-refractivity contribution < 1.29 is 17.9 Å². The van der Waals surface area contributed by atoms with Crippen LogP contribution in [0.1, 0.15) is 23.1 Å². The lowest BCUT2D eigenvalue weighted by Crippen LogP contribution is -2.31. The number of nitrogens with zero attached hydrogens (tertiary/aromatic N) is 1. The Balaban J connectivity index is 1.66. The van der Waals surface area contributed by atoms with E-state index < -0.39 is 10.0 Å². The minimum Gasteiger partial charge on any atom is -0.492 e. The molecular weight excluding hydrogens is 364 g/mol. The zero-order valence-corrected chi connectivity index (χ0v) is 16.6. The minimum atomic E-state index is -3.62. The molecule has 0 saturated heterocycles.